The summed E-state index contributed by atoms with van der Waals surface area (Å²) in [6.45, 7) is 0. The van der Waals surface area contributed by atoms with E-state index in [1.807, 2.05) is 6.07 Å². The van der Waals surface area contributed by atoms with Gasteiger partial charge in [0.25, 0.3) is 0 Å². The van der Waals surface area contributed by atoms with Crippen molar-refractivity contribution in [2.75, 3.05) is 0 Å². The maximum atomic E-state index is 13.7. The van der Waals surface area contributed by atoms with Crippen LogP contribution in [0.1, 0.15) is 0 Å². The fraction of sp³-hybridized carbons (Fsp3) is 0.0769. The molecular formula is C13H10FIN2O. The standard InChI is InChI=1S/C13H10FN2O.HI/c1-16-12-11(7-4-8-15-12)17-13(16)9-5-2-3-6-10(9)14;/h2-8H,1H3;1H/q+1;/p-1. The van der Waals surface area contributed by atoms with Crippen LogP contribution in [0.25, 0.3) is 22.7 Å². The molecule has 0 aliphatic rings. The third kappa shape index (κ3) is 1.98. The van der Waals surface area contributed by atoms with E-state index in [0.717, 1.165) is 0 Å². The van der Waals surface area contributed by atoms with Crippen LogP contribution in [-0.2, 0) is 7.05 Å². The normalized spacial score (nSPS) is 10.3. The molecule has 0 atom stereocenters. The highest BCUT2D eigenvalue weighted by atomic mass is 127. The lowest BCUT2D eigenvalue weighted by atomic mass is 10.2. The summed E-state index contributed by atoms with van der Waals surface area (Å²) in [5, 5.41) is 0. The summed E-state index contributed by atoms with van der Waals surface area (Å²) in [6, 6.07) is 10.1. The number of nitrogens with zero attached hydrogens (tertiary/aromatic N) is 2. The zero-order chi connectivity index (χ0) is 11.8. The molecule has 92 valence electrons. The Hall–Kier alpha value is -1.50. The molecule has 0 fully saturated rings. The fourth-order valence-corrected chi connectivity index (χ4v) is 1.85. The smallest absolute Gasteiger partial charge is 0.368 e. The highest BCUT2D eigenvalue weighted by Crippen LogP contribution is 2.23. The SMILES string of the molecule is C[n+]1c(-c2ccccc2F)oc2cccnc21.[I-]. The van der Waals surface area contributed by atoms with Crippen LogP contribution in [0.5, 0.6) is 0 Å². The Morgan fingerprint density at radius 2 is 1.94 bits per heavy atom. The summed E-state index contributed by atoms with van der Waals surface area (Å²) >= 11 is 0. The van der Waals surface area contributed by atoms with Crippen molar-refractivity contribution >= 4 is 11.2 Å². The lowest BCUT2D eigenvalue weighted by molar-refractivity contribution is -0.639. The van der Waals surface area contributed by atoms with Gasteiger partial charge in [-0.1, -0.05) is 12.1 Å². The minimum absolute atomic E-state index is 0. The van der Waals surface area contributed by atoms with Crippen LogP contribution in [0, 0.1) is 5.82 Å². The molecular weight excluding hydrogens is 346 g/mol. The van der Waals surface area contributed by atoms with Gasteiger partial charge in [-0.3, -0.25) is 0 Å². The van der Waals surface area contributed by atoms with Gasteiger partial charge in [0.05, 0.1) is 12.6 Å². The number of fused-ring (bicyclic) bond motifs is 1. The molecule has 3 aromatic rings. The largest absolute Gasteiger partial charge is 1.00 e. The molecule has 0 amide bonds. The highest BCUT2D eigenvalue weighted by molar-refractivity contribution is 5.67. The molecule has 0 N–H and O–H groups in total. The molecule has 1 aromatic carbocycles. The van der Waals surface area contributed by atoms with Gasteiger partial charge < -0.3 is 28.4 Å². The van der Waals surface area contributed by atoms with E-state index in [-0.39, 0.29) is 29.8 Å². The monoisotopic (exact) mass is 356 g/mol. The zero-order valence-corrected chi connectivity index (χ0v) is 11.8. The number of pyridine rings is 1. The number of aromatic nitrogens is 2. The molecule has 18 heavy (non-hydrogen) atoms. The van der Waals surface area contributed by atoms with E-state index in [1.165, 1.54) is 6.07 Å². The molecule has 0 spiro atoms. The van der Waals surface area contributed by atoms with Crippen molar-refractivity contribution in [3.05, 3.63) is 48.4 Å². The lowest BCUT2D eigenvalue weighted by Crippen LogP contribution is -3.00. The fourth-order valence-electron chi connectivity index (χ4n) is 1.85. The first-order valence-electron chi connectivity index (χ1n) is 5.26. The summed E-state index contributed by atoms with van der Waals surface area (Å²) in [4.78, 5) is 4.20. The van der Waals surface area contributed by atoms with Crippen molar-refractivity contribution in [1.29, 1.82) is 0 Å². The number of benzene rings is 1. The summed E-state index contributed by atoms with van der Waals surface area (Å²) in [5.41, 5.74) is 1.78. The minimum atomic E-state index is -0.304. The number of oxazole rings is 1. The van der Waals surface area contributed by atoms with Gasteiger partial charge in [0.1, 0.15) is 12.0 Å². The molecule has 0 radical (unpaired) electrons. The number of halogens is 2. The van der Waals surface area contributed by atoms with E-state index in [4.69, 9.17) is 4.42 Å². The lowest BCUT2D eigenvalue weighted by Gasteiger charge is -1.96. The van der Waals surface area contributed by atoms with E-state index in [1.54, 1.807) is 42.1 Å². The Bertz CT molecular complexity index is 696. The van der Waals surface area contributed by atoms with Crippen LogP contribution in [0.15, 0.2) is 47.0 Å². The summed E-state index contributed by atoms with van der Waals surface area (Å²) in [5.74, 6) is 0.166. The summed E-state index contributed by atoms with van der Waals surface area (Å²) in [6.07, 6.45) is 1.68. The second-order valence-corrected chi connectivity index (χ2v) is 3.77. The van der Waals surface area contributed by atoms with Crippen molar-refractivity contribution in [2.24, 2.45) is 7.05 Å². The number of aryl methyl sites for hydroxylation is 1. The Labute approximate surface area is 120 Å². The number of hydrogen-bond acceptors (Lipinski definition) is 2. The molecule has 2 heterocycles. The Morgan fingerprint density at radius 3 is 2.67 bits per heavy atom. The highest BCUT2D eigenvalue weighted by Gasteiger charge is 2.21. The predicted octanol–water partition coefficient (Wildman–Crippen LogP) is -0.538. The Balaban J connectivity index is 0.00000120. The van der Waals surface area contributed by atoms with E-state index in [0.29, 0.717) is 22.7 Å². The zero-order valence-electron chi connectivity index (χ0n) is 9.60. The topological polar surface area (TPSA) is 29.9 Å². The van der Waals surface area contributed by atoms with Crippen molar-refractivity contribution in [2.45, 2.75) is 0 Å². The molecule has 3 nitrogen and oxygen atoms in total. The molecule has 5 heteroatoms. The van der Waals surface area contributed by atoms with E-state index < -0.39 is 0 Å². The Kier molecular flexibility index (Phi) is 3.60. The van der Waals surface area contributed by atoms with Crippen LogP contribution in [0.2, 0.25) is 0 Å². The van der Waals surface area contributed by atoms with Gasteiger partial charge in [-0.05, 0) is 29.2 Å². The van der Waals surface area contributed by atoms with Crippen LogP contribution >= 0.6 is 0 Å². The van der Waals surface area contributed by atoms with Crippen molar-refractivity contribution < 1.29 is 37.4 Å². The first-order valence-corrected chi connectivity index (χ1v) is 5.26. The number of hydrogen-bond donors (Lipinski definition) is 0. The molecule has 0 unspecified atom stereocenters. The van der Waals surface area contributed by atoms with Crippen LogP contribution in [0.3, 0.4) is 0 Å². The summed E-state index contributed by atoms with van der Waals surface area (Å²) in [7, 11) is 1.81. The van der Waals surface area contributed by atoms with E-state index >= 15 is 0 Å². The quantitative estimate of drug-likeness (QED) is 0.433. The van der Waals surface area contributed by atoms with Crippen molar-refractivity contribution in [1.82, 2.24) is 4.98 Å². The van der Waals surface area contributed by atoms with E-state index in [2.05, 4.69) is 4.98 Å². The van der Waals surface area contributed by atoms with Gasteiger partial charge in [-0.15, -0.1) is 0 Å². The van der Waals surface area contributed by atoms with Crippen molar-refractivity contribution in [3.63, 3.8) is 0 Å². The maximum Gasteiger partial charge on any atom is 0.368 e. The molecule has 0 bridgehead atoms. The average molecular weight is 356 g/mol. The van der Waals surface area contributed by atoms with Gasteiger partial charge in [0, 0.05) is 0 Å². The first-order chi connectivity index (χ1) is 8.27. The molecule has 3 rings (SSSR count). The third-order valence-electron chi connectivity index (χ3n) is 2.68. The maximum absolute atomic E-state index is 13.7. The van der Waals surface area contributed by atoms with E-state index in [9.17, 15) is 4.39 Å². The number of rotatable bonds is 1. The third-order valence-corrected chi connectivity index (χ3v) is 2.68. The van der Waals surface area contributed by atoms with Gasteiger partial charge in [-0.2, -0.15) is 4.57 Å². The van der Waals surface area contributed by atoms with Crippen LogP contribution < -0.4 is 28.5 Å². The van der Waals surface area contributed by atoms with Gasteiger partial charge >= 0.3 is 11.5 Å². The predicted molar refractivity (Wildman–Crippen MR) is 60.6 cm³/mol. The molecule has 0 saturated carbocycles. The van der Waals surface area contributed by atoms with Crippen LogP contribution in [-0.4, -0.2) is 4.98 Å². The van der Waals surface area contributed by atoms with Gasteiger partial charge in [0.15, 0.2) is 0 Å². The van der Waals surface area contributed by atoms with Crippen LogP contribution in [0.4, 0.5) is 4.39 Å². The molecule has 0 aliphatic carbocycles. The second-order valence-electron chi connectivity index (χ2n) is 3.77. The minimum Gasteiger partial charge on any atom is -1.00 e. The Morgan fingerprint density at radius 1 is 1.17 bits per heavy atom. The van der Waals surface area contributed by atoms with Gasteiger partial charge in [-0.25, -0.2) is 4.39 Å². The average Bonchev–Trinajstić information content (AvgIpc) is 2.68. The summed E-state index contributed by atoms with van der Waals surface area (Å²) < 4.78 is 21.1. The second kappa shape index (κ2) is 5.01. The molecule has 2 aromatic heterocycles. The van der Waals surface area contributed by atoms with Crippen molar-refractivity contribution in [3.8, 4) is 11.5 Å². The van der Waals surface area contributed by atoms with Gasteiger partial charge in [0.2, 0.25) is 5.58 Å². The first kappa shape index (κ1) is 12.9. The molecule has 0 aliphatic heterocycles. The molecule has 0 saturated heterocycles.